The molecule has 0 bridgehead atoms. The first-order valence-electron chi connectivity index (χ1n) is 11.5. The van der Waals surface area contributed by atoms with Crippen LogP contribution in [0.4, 0.5) is 0 Å². The van der Waals surface area contributed by atoms with Crippen molar-refractivity contribution >= 4 is 11.7 Å². The summed E-state index contributed by atoms with van der Waals surface area (Å²) >= 11 is 0. The van der Waals surface area contributed by atoms with Crippen LogP contribution < -0.4 is 14.8 Å². The van der Waals surface area contributed by atoms with Gasteiger partial charge in [0.2, 0.25) is 5.91 Å². The van der Waals surface area contributed by atoms with Crippen LogP contribution in [0, 0.1) is 0 Å². The van der Waals surface area contributed by atoms with E-state index in [9.17, 15) is 9.59 Å². The highest BCUT2D eigenvalue weighted by Crippen LogP contribution is 2.43. The molecule has 2 aromatic carbocycles. The number of amides is 1. The minimum atomic E-state index is -0.200. The molecule has 0 aromatic heterocycles. The molecule has 2 unspecified atom stereocenters. The number of Topliss-reactive ketones (excluding diaryl/α,β-unsaturated/α-hetero) is 1. The molecule has 2 atom stereocenters. The maximum atomic E-state index is 13.3. The summed E-state index contributed by atoms with van der Waals surface area (Å²) < 4.78 is 11.4. The van der Waals surface area contributed by atoms with Crippen LogP contribution in [-0.4, -0.2) is 24.4 Å². The molecule has 1 aliphatic carbocycles. The summed E-state index contributed by atoms with van der Waals surface area (Å²) in [5.41, 5.74) is 3.62. The number of nitrogens with one attached hydrogen (secondary N) is 1. The van der Waals surface area contributed by atoms with Gasteiger partial charge in [-0.15, -0.1) is 0 Å². The number of ether oxygens (including phenoxy) is 2. The Morgan fingerprint density at radius 2 is 1.56 bits per heavy atom. The molecular formula is C27H31NO4. The zero-order chi connectivity index (χ0) is 22.7. The van der Waals surface area contributed by atoms with Crippen molar-refractivity contribution in [1.82, 2.24) is 5.32 Å². The van der Waals surface area contributed by atoms with Gasteiger partial charge in [0.25, 0.3) is 0 Å². The van der Waals surface area contributed by atoms with Crippen molar-refractivity contribution < 1.29 is 19.1 Å². The van der Waals surface area contributed by atoms with Crippen LogP contribution >= 0.6 is 0 Å². The Labute approximate surface area is 189 Å². The first kappa shape index (κ1) is 22.1. The third-order valence-electron chi connectivity index (χ3n) is 6.01. The molecule has 1 amide bonds. The maximum absolute atomic E-state index is 13.3. The number of rotatable bonds is 7. The molecule has 0 spiro atoms. The molecule has 32 heavy (non-hydrogen) atoms. The van der Waals surface area contributed by atoms with E-state index < -0.39 is 0 Å². The molecule has 2 aliphatic rings. The number of benzene rings is 2. The lowest BCUT2D eigenvalue weighted by Crippen LogP contribution is -2.38. The van der Waals surface area contributed by atoms with Crippen LogP contribution in [-0.2, 0) is 9.59 Å². The summed E-state index contributed by atoms with van der Waals surface area (Å²) in [6.07, 6.45) is 2.47. The van der Waals surface area contributed by atoms with Crippen molar-refractivity contribution in [1.29, 1.82) is 0 Å². The highest BCUT2D eigenvalue weighted by Gasteiger charge is 2.38. The zero-order valence-corrected chi connectivity index (χ0v) is 19.0. The third-order valence-corrected chi connectivity index (χ3v) is 6.01. The van der Waals surface area contributed by atoms with E-state index in [-0.39, 0.29) is 29.6 Å². The van der Waals surface area contributed by atoms with Gasteiger partial charge in [0.15, 0.2) is 5.78 Å². The second kappa shape index (κ2) is 9.60. The monoisotopic (exact) mass is 433 g/mol. The van der Waals surface area contributed by atoms with E-state index in [1.807, 2.05) is 62.4 Å². The van der Waals surface area contributed by atoms with Gasteiger partial charge in [-0.1, -0.05) is 31.2 Å². The smallest absolute Gasteiger partial charge is 0.225 e. The van der Waals surface area contributed by atoms with Crippen LogP contribution in [0.25, 0.3) is 0 Å². The van der Waals surface area contributed by atoms with Gasteiger partial charge in [-0.05, 0) is 68.0 Å². The van der Waals surface area contributed by atoms with Gasteiger partial charge in [0.05, 0.1) is 12.7 Å². The number of ketones is 1. The zero-order valence-electron chi connectivity index (χ0n) is 19.0. The third kappa shape index (κ3) is 4.87. The van der Waals surface area contributed by atoms with E-state index in [1.165, 1.54) is 0 Å². The van der Waals surface area contributed by atoms with Crippen LogP contribution in [0.15, 0.2) is 59.8 Å². The molecule has 168 valence electrons. The second-order valence-corrected chi connectivity index (χ2v) is 8.88. The Morgan fingerprint density at radius 1 is 0.906 bits per heavy atom. The number of carbonyl (C=O) groups is 2. The fourth-order valence-corrected chi connectivity index (χ4v) is 4.59. The average molecular weight is 434 g/mol. The molecule has 4 rings (SSSR count). The summed E-state index contributed by atoms with van der Waals surface area (Å²) in [6, 6.07) is 15.8. The highest BCUT2D eigenvalue weighted by molar-refractivity contribution is 6.02. The molecule has 0 saturated carbocycles. The number of allylic oxidation sites excluding steroid dienone is 2. The lowest BCUT2D eigenvalue weighted by Gasteiger charge is -2.34. The van der Waals surface area contributed by atoms with Gasteiger partial charge in [-0.3, -0.25) is 9.59 Å². The van der Waals surface area contributed by atoms with E-state index in [0.717, 1.165) is 40.3 Å². The fraction of sp³-hybridized carbons (Fsp3) is 0.407. The van der Waals surface area contributed by atoms with Crippen LogP contribution in [0.5, 0.6) is 11.5 Å². The standard InChI is InChI=1S/C27H31NO4/c1-4-13-31-21-9-7-19(8-10-21)23-16-26(30)28-24-14-20(15-25(29)27(23)24)18-5-11-22(12-6-18)32-17(2)3/h5-12,17,20,23H,4,13-16H2,1-3H3,(H,28,30). The predicted molar refractivity (Wildman–Crippen MR) is 124 cm³/mol. The minimum absolute atomic E-state index is 0.0332. The van der Waals surface area contributed by atoms with Crippen LogP contribution in [0.3, 0.4) is 0 Å². The van der Waals surface area contributed by atoms with Gasteiger partial charge in [-0.25, -0.2) is 0 Å². The Balaban J connectivity index is 1.56. The van der Waals surface area contributed by atoms with Gasteiger partial charge in [-0.2, -0.15) is 0 Å². The van der Waals surface area contributed by atoms with Gasteiger partial charge < -0.3 is 14.8 Å². The first-order chi connectivity index (χ1) is 15.4. The summed E-state index contributed by atoms with van der Waals surface area (Å²) in [4.78, 5) is 25.8. The molecule has 5 nitrogen and oxygen atoms in total. The highest BCUT2D eigenvalue weighted by atomic mass is 16.5. The molecule has 0 saturated heterocycles. The molecule has 1 N–H and O–H groups in total. The molecule has 2 aromatic rings. The minimum Gasteiger partial charge on any atom is -0.494 e. The molecule has 1 aliphatic heterocycles. The van der Waals surface area contributed by atoms with E-state index >= 15 is 0 Å². The van der Waals surface area contributed by atoms with Gasteiger partial charge >= 0.3 is 0 Å². The van der Waals surface area contributed by atoms with Crippen molar-refractivity contribution in [2.75, 3.05) is 6.61 Å². The normalized spacial score (nSPS) is 20.8. The van der Waals surface area contributed by atoms with Gasteiger partial charge in [0, 0.05) is 30.0 Å². The van der Waals surface area contributed by atoms with Crippen molar-refractivity contribution in [2.45, 2.75) is 64.4 Å². The Hall–Kier alpha value is -3.08. The molecule has 1 heterocycles. The molecule has 5 heteroatoms. The lowest BCUT2D eigenvalue weighted by atomic mass is 9.73. The number of hydrogen-bond donors (Lipinski definition) is 1. The van der Waals surface area contributed by atoms with Gasteiger partial charge in [0.1, 0.15) is 11.5 Å². The number of carbonyl (C=O) groups excluding carboxylic acids is 2. The molecular weight excluding hydrogens is 402 g/mol. The summed E-state index contributed by atoms with van der Waals surface area (Å²) in [7, 11) is 0. The van der Waals surface area contributed by atoms with Crippen molar-refractivity contribution in [3.63, 3.8) is 0 Å². The largest absolute Gasteiger partial charge is 0.494 e. The van der Waals surface area contributed by atoms with Crippen LogP contribution in [0.2, 0.25) is 0 Å². The van der Waals surface area contributed by atoms with E-state index in [0.29, 0.717) is 25.9 Å². The number of hydrogen-bond acceptors (Lipinski definition) is 4. The van der Waals surface area contributed by atoms with Crippen LogP contribution in [0.1, 0.15) is 69.4 Å². The van der Waals surface area contributed by atoms with Crippen molar-refractivity contribution in [3.05, 3.63) is 70.9 Å². The van der Waals surface area contributed by atoms with E-state index in [1.54, 1.807) is 0 Å². The summed E-state index contributed by atoms with van der Waals surface area (Å²) in [5, 5.41) is 3.00. The molecule has 0 fully saturated rings. The lowest BCUT2D eigenvalue weighted by molar-refractivity contribution is -0.122. The fourth-order valence-electron chi connectivity index (χ4n) is 4.59. The van der Waals surface area contributed by atoms with E-state index in [4.69, 9.17) is 9.47 Å². The Morgan fingerprint density at radius 3 is 2.22 bits per heavy atom. The summed E-state index contributed by atoms with van der Waals surface area (Å²) in [6.45, 7) is 6.73. The summed E-state index contributed by atoms with van der Waals surface area (Å²) in [5.74, 6) is 1.57. The predicted octanol–water partition coefficient (Wildman–Crippen LogP) is 5.27. The SMILES string of the molecule is CCCOc1ccc(C2CC(=O)NC3=C2C(=O)CC(c2ccc(OC(C)C)cc2)C3)cc1. The average Bonchev–Trinajstić information content (AvgIpc) is 2.77. The topological polar surface area (TPSA) is 64.6 Å². The second-order valence-electron chi connectivity index (χ2n) is 8.88. The molecule has 0 radical (unpaired) electrons. The van der Waals surface area contributed by atoms with Crippen molar-refractivity contribution in [2.24, 2.45) is 0 Å². The van der Waals surface area contributed by atoms with E-state index in [2.05, 4.69) is 12.2 Å². The Kier molecular flexibility index (Phi) is 6.63. The Bertz CT molecular complexity index is 1000. The quantitative estimate of drug-likeness (QED) is 0.646. The van der Waals surface area contributed by atoms with Crippen molar-refractivity contribution in [3.8, 4) is 11.5 Å². The first-order valence-corrected chi connectivity index (χ1v) is 11.5. The maximum Gasteiger partial charge on any atom is 0.225 e.